The van der Waals surface area contributed by atoms with Gasteiger partial charge in [0.2, 0.25) is 5.91 Å². The van der Waals surface area contributed by atoms with E-state index in [4.69, 9.17) is 5.26 Å². The molecule has 0 radical (unpaired) electrons. The van der Waals surface area contributed by atoms with Crippen molar-refractivity contribution in [3.8, 4) is 6.07 Å². The zero-order chi connectivity index (χ0) is 17.6. The second-order valence-corrected chi connectivity index (χ2v) is 6.46. The van der Waals surface area contributed by atoms with Crippen molar-refractivity contribution in [3.05, 3.63) is 22.6 Å². The summed E-state index contributed by atoms with van der Waals surface area (Å²) >= 11 is 0. The van der Waals surface area contributed by atoms with Crippen molar-refractivity contribution in [2.45, 2.75) is 25.8 Å². The van der Waals surface area contributed by atoms with E-state index in [1.54, 1.807) is 11.1 Å². The Labute approximate surface area is 142 Å². The van der Waals surface area contributed by atoms with Crippen molar-refractivity contribution in [2.75, 3.05) is 13.1 Å². The van der Waals surface area contributed by atoms with Crippen LogP contribution in [0, 0.1) is 17.2 Å². The molecule has 1 aliphatic rings. The van der Waals surface area contributed by atoms with Crippen molar-refractivity contribution >= 4 is 28.0 Å². The second-order valence-electron chi connectivity index (χ2n) is 6.46. The highest BCUT2D eigenvalue weighted by Gasteiger charge is 2.32. The van der Waals surface area contributed by atoms with Crippen molar-refractivity contribution in [2.24, 2.45) is 5.92 Å². The van der Waals surface area contributed by atoms with E-state index in [-0.39, 0.29) is 29.8 Å². The summed E-state index contributed by atoms with van der Waals surface area (Å²) < 4.78 is 1.82. The van der Waals surface area contributed by atoms with E-state index < -0.39 is 0 Å². The highest BCUT2D eigenvalue weighted by atomic mass is 16.2. The van der Waals surface area contributed by atoms with Gasteiger partial charge in [-0.2, -0.15) is 5.26 Å². The van der Waals surface area contributed by atoms with Crippen LogP contribution in [0.4, 0.5) is 0 Å². The molecule has 3 aromatic heterocycles. The van der Waals surface area contributed by atoms with Crippen molar-refractivity contribution in [1.29, 1.82) is 5.26 Å². The maximum atomic E-state index is 12.3. The van der Waals surface area contributed by atoms with Crippen LogP contribution in [0.1, 0.15) is 25.8 Å². The Balaban J connectivity index is 1.82. The normalized spacial score (nSPS) is 20.9. The van der Waals surface area contributed by atoms with Crippen LogP contribution in [0.3, 0.4) is 0 Å². The molecule has 1 amide bonds. The molecule has 128 valence electrons. The lowest BCUT2D eigenvalue weighted by molar-refractivity contribution is -0.132. The Morgan fingerprint density at radius 2 is 2.32 bits per heavy atom. The van der Waals surface area contributed by atoms with Gasteiger partial charge in [-0.3, -0.25) is 19.4 Å². The van der Waals surface area contributed by atoms with Gasteiger partial charge in [0.1, 0.15) is 11.9 Å². The molecular weight excluding hydrogens is 322 g/mol. The van der Waals surface area contributed by atoms with Gasteiger partial charge < -0.3 is 9.88 Å². The molecule has 1 aliphatic heterocycles. The summed E-state index contributed by atoms with van der Waals surface area (Å²) in [5, 5.41) is 20.5. The second kappa shape index (κ2) is 5.73. The first-order valence-corrected chi connectivity index (χ1v) is 8.19. The fraction of sp³-hybridized carbons (Fsp3) is 0.438. The number of hydrogen-bond acceptors (Lipinski definition) is 5. The molecule has 4 rings (SSSR count). The standard InChI is InChI=1S/C16H17N7O2/c1-9-4-7-22(12(24)2-5-17)8-11(9)23-14-10-3-6-18-15(10)20-19-13(14)16(25)21-23/h3,6,9,11H,2,4,7-8H2,1H3,(H,18,20)(H,21,25). The molecular formula is C16H17N7O2. The lowest BCUT2D eigenvalue weighted by atomic mass is 9.93. The van der Waals surface area contributed by atoms with Crippen LogP contribution < -0.4 is 5.56 Å². The van der Waals surface area contributed by atoms with Gasteiger partial charge in [-0.15, -0.1) is 10.2 Å². The van der Waals surface area contributed by atoms with E-state index >= 15 is 0 Å². The number of fused-ring (bicyclic) bond motifs is 3. The van der Waals surface area contributed by atoms with E-state index in [0.29, 0.717) is 29.8 Å². The number of nitrogens with one attached hydrogen (secondary N) is 2. The van der Waals surface area contributed by atoms with E-state index in [1.165, 1.54) is 0 Å². The highest BCUT2D eigenvalue weighted by molar-refractivity contribution is 6.00. The number of carbonyl (C=O) groups is 1. The van der Waals surface area contributed by atoms with Gasteiger partial charge in [-0.25, -0.2) is 0 Å². The van der Waals surface area contributed by atoms with Crippen molar-refractivity contribution in [1.82, 2.24) is 29.9 Å². The minimum absolute atomic E-state index is 0.0936. The monoisotopic (exact) mass is 339 g/mol. The van der Waals surface area contributed by atoms with Gasteiger partial charge in [0.05, 0.1) is 12.1 Å². The van der Waals surface area contributed by atoms with E-state index in [0.717, 1.165) is 11.8 Å². The third kappa shape index (κ3) is 2.38. The van der Waals surface area contributed by atoms with Gasteiger partial charge in [-0.1, -0.05) is 6.92 Å². The van der Waals surface area contributed by atoms with Crippen LogP contribution >= 0.6 is 0 Å². The lowest BCUT2D eigenvalue weighted by Crippen LogP contribution is -2.44. The first kappa shape index (κ1) is 15.4. The smallest absolute Gasteiger partial charge is 0.292 e. The predicted octanol–water partition coefficient (Wildman–Crippen LogP) is 0.924. The number of amides is 1. The Morgan fingerprint density at radius 1 is 1.48 bits per heavy atom. The molecule has 9 nitrogen and oxygen atoms in total. The average Bonchev–Trinajstić information content (AvgIpc) is 3.20. The van der Waals surface area contributed by atoms with Crippen LogP contribution in [0.5, 0.6) is 0 Å². The summed E-state index contributed by atoms with van der Waals surface area (Å²) in [6.45, 7) is 3.18. The number of carbonyl (C=O) groups excluding carboxylic acids is 1. The molecule has 3 aromatic rings. The quantitative estimate of drug-likeness (QED) is 0.718. The van der Waals surface area contributed by atoms with Gasteiger partial charge >= 0.3 is 0 Å². The largest absolute Gasteiger partial charge is 0.345 e. The number of nitrogens with zero attached hydrogens (tertiary/aromatic N) is 5. The number of rotatable bonds is 2. The summed E-state index contributed by atoms with van der Waals surface area (Å²) in [6, 6.07) is 3.68. The molecule has 1 fully saturated rings. The number of nitriles is 1. The Bertz CT molecular complexity index is 1050. The molecule has 4 heterocycles. The maximum absolute atomic E-state index is 12.3. The fourth-order valence-electron chi connectivity index (χ4n) is 3.56. The fourth-order valence-corrected chi connectivity index (χ4v) is 3.56. The number of aromatic nitrogens is 5. The lowest BCUT2D eigenvalue weighted by Gasteiger charge is -2.37. The average molecular weight is 339 g/mol. The van der Waals surface area contributed by atoms with Gasteiger partial charge in [0, 0.05) is 24.7 Å². The van der Waals surface area contributed by atoms with Gasteiger partial charge in [0.25, 0.3) is 5.56 Å². The molecule has 2 atom stereocenters. The number of likely N-dealkylation sites (tertiary alicyclic amines) is 1. The molecule has 9 heteroatoms. The SMILES string of the molecule is CC1CCN(C(=O)CC#N)CC1n1[nH]c(=O)c2nnc3[nH]ccc3c21. The number of aromatic amines is 2. The molecule has 2 unspecified atom stereocenters. The summed E-state index contributed by atoms with van der Waals surface area (Å²) in [6.07, 6.45) is 2.43. The van der Waals surface area contributed by atoms with Gasteiger partial charge in [-0.05, 0) is 18.4 Å². The molecule has 0 bridgehead atoms. The van der Waals surface area contributed by atoms with E-state index in [1.807, 2.05) is 16.8 Å². The van der Waals surface area contributed by atoms with Crippen LogP contribution in [0.2, 0.25) is 0 Å². The van der Waals surface area contributed by atoms with Crippen molar-refractivity contribution < 1.29 is 4.79 Å². The Hall–Kier alpha value is -3.15. The first-order valence-electron chi connectivity index (χ1n) is 8.19. The molecule has 25 heavy (non-hydrogen) atoms. The number of H-pyrrole nitrogens is 2. The zero-order valence-corrected chi connectivity index (χ0v) is 13.7. The van der Waals surface area contributed by atoms with Crippen LogP contribution in [0.15, 0.2) is 17.1 Å². The minimum Gasteiger partial charge on any atom is -0.345 e. The predicted molar refractivity (Wildman–Crippen MR) is 89.6 cm³/mol. The maximum Gasteiger partial charge on any atom is 0.292 e. The third-order valence-corrected chi connectivity index (χ3v) is 4.97. The highest BCUT2D eigenvalue weighted by Crippen LogP contribution is 2.31. The summed E-state index contributed by atoms with van der Waals surface area (Å²) in [5.41, 5.74) is 1.31. The molecule has 0 saturated carbocycles. The van der Waals surface area contributed by atoms with E-state index in [9.17, 15) is 9.59 Å². The van der Waals surface area contributed by atoms with Crippen LogP contribution in [-0.4, -0.2) is 48.9 Å². The molecule has 0 aromatic carbocycles. The first-order chi connectivity index (χ1) is 12.1. The van der Waals surface area contributed by atoms with Crippen LogP contribution in [-0.2, 0) is 4.79 Å². The summed E-state index contributed by atoms with van der Waals surface area (Å²) in [7, 11) is 0. The third-order valence-electron chi connectivity index (χ3n) is 4.97. The summed E-state index contributed by atoms with van der Waals surface area (Å²) in [5.74, 6) is 0.0873. The Morgan fingerprint density at radius 3 is 3.12 bits per heavy atom. The topological polar surface area (TPSA) is 123 Å². The molecule has 0 aliphatic carbocycles. The van der Waals surface area contributed by atoms with E-state index in [2.05, 4.69) is 27.2 Å². The van der Waals surface area contributed by atoms with Crippen molar-refractivity contribution in [3.63, 3.8) is 0 Å². The summed E-state index contributed by atoms with van der Waals surface area (Å²) in [4.78, 5) is 29.1. The molecule has 0 spiro atoms. The number of hydrogen-bond donors (Lipinski definition) is 2. The molecule has 1 saturated heterocycles. The van der Waals surface area contributed by atoms with Crippen LogP contribution in [0.25, 0.3) is 22.1 Å². The zero-order valence-electron chi connectivity index (χ0n) is 13.7. The Kier molecular flexibility index (Phi) is 3.53. The number of piperidine rings is 1. The minimum atomic E-state index is -0.293. The molecule has 2 N–H and O–H groups in total. The van der Waals surface area contributed by atoms with Gasteiger partial charge in [0.15, 0.2) is 11.2 Å².